The second-order valence-electron chi connectivity index (χ2n) is 8.96. The molecular weight excluding hydrogens is 475 g/mol. The van der Waals surface area contributed by atoms with Gasteiger partial charge in [-0.1, -0.05) is 17.7 Å². The zero-order valence-corrected chi connectivity index (χ0v) is 20.6. The second-order valence-corrected chi connectivity index (χ2v) is 9.34. The normalized spacial score (nSPS) is 14.2. The molecule has 0 unspecified atom stereocenters. The number of aromatic nitrogens is 1. The van der Waals surface area contributed by atoms with E-state index in [9.17, 15) is 9.18 Å². The van der Waals surface area contributed by atoms with Gasteiger partial charge in [0.2, 0.25) is 11.7 Å². The van der Waals surface area contributed by atoms with Gasteiger partial charge in [0.15, 0.2) is 11.4 Å². The lowest BCUT2D eigenvalue weighted by Gasteiger charge is -2.31. The third-order valence-corrected chi connectivity index (χ3v) is 6.37. The van der Waals surface area contributed by atoms with Crippen LogP contribution in [0.4, 0.5) is 10.2 Å². The highest BCUT2D eigenvalue weighted by Gasteiger charge is 2.29. The van der Waals surface area contributed by atoms with E-state index < -0.39 is 11.4 Å². The van der Waals surface area contributed by atoms with E-state index in [1.807, 2.05) is 6.08 Å². The molecule has 1 aliphatic rings. The van der Waals surface area contributed by atoms with Crippen LogP contribution in [0.5, 0.6) is 11.5 Å². The Balaban J connectivity index is 1.54. The lowest BCUT2D eigenvalue weighted by Crippen LogP contribution is -2.52. The fourth-order valence-electron chi connectivity index (χ4n) is 4.13. The quantitative estimate of drug-likeness (QED) is 0.497. The molecule has 0 bridgehead atoms. The minimum atomic E-state index is -0.916. The van der Waals surface area contributed by atoms with Crippen molar-refractivity contribution < 1.29 is 23.1 Å². The number of nitrogens with zero attached hydrogens (tertiary/aromatic N) is 2. The number of nitrogens with two attached hydrogens (primary N) is 2. The van der Waals surface area contributed by atoms with Gasteiger partial charge in [-0.15, -0.1) is 0 Å². The van der Waals surface area contributed by atoms with Crippen molar-refractivity contribution in [2.24, 2.45) is 5.73 Å². The van der Waals surface area contributed by atoms with E-state index in [2.05, 4.69) is 4.98 Å². The molecule has 0 saturated heterocycles. The van der Waals surface area contributed by atoms with E-state index in [-0.39, 0.29) is 29.8 Å². The largest absolute Gasteiger partial charge is 0.496 e. The first-order valence-electron chi connectivity index (χ1n) is 11.2. The van der Waals surface area contributed by atoms with Crippen molar-refractivity contribution in [1.29, 1.82) is 0 Å². The number of furan rings is 1. The fourth-order valence-corrected chi connectivity index (χ4v) is 4.38. The van der Waals surface area contributed by atoms with Crippen molar-refractivity contribution in [3.63, 3.8) is 0 Å². The van der Waals surface area contributed by atoms with Gasteiger partial charge in [-0.05, 0) is 38.0 Å². The van der Waals surface area contributed by atoms with Crippen molar-refractivity contribution in [1.82, 2.24) is 9.88 Å². The van der Waals surface area contributed by atoms with E-state index in [1.165, 1.54) is 19.2 Å². The molecule has 0 spiro atoms. The van der Waals surface area contributed by atoms with Crippen LogP contribution in [-0.4, -0.2) is 48.1 Å². The number of ether oxygens (including phenoxy) is 2. The Morgan fingerprint density at radius 3 is 2.80 bits per heavy atom. The molecule has 4 N–H and O–H groups in total. The van der Waals surface area contributed by atoms with Crippen LogP contribution in [0.15, 0.2) is 35.1 Å². The first-order chi connectivity index (χ1) is 16.6. The van der Waals surface area contributed by atoms with E-state index in [0.717, 1.165) is 16.5 Å². The fraction of sp³-hybridized carbons (Fsp3) is 0.360. The molecule has 0 radical (unpaired) electrons. The number of methoxy groups -OCH3 is 1. The van der Waals surface area contributed by atoms with E-state index in [4.69, 9.17) is 37.0 Å². The summed E-state index contributed by atoms with van der Waals surface area (Å²) in [5, 5.41) is 0.744. The second kappa shape index (κ2) is 9.75. The highest BCUT2D eigenvalue weighted by molar-refractivity contribution is 6.31. The zero-order valence-electron chi connectivity index (χ0n) is 19.9. The number of fused-ring (bicyclic) bond motifs is 1. The average Bonchev–Trinajstić information content (AvgIpc) is 3.26. The molecule has 10 heteroatoms. The molecule has 0 fully saturated rings. The van der Waals surface area contributed by atoms with Crippen LogP contribution in [-0.2, 0) is 11.2 Å². The summed E-state index contributed by atoms with van der Waals surface area (Å²) < 4.78 is 31.0. The Morgan fingerprint density at radius 1 is 1.37 bits per heavy atom. The molecular formula is C25H28ClFN4O4. The first-order valence-corrected chi connectivity index (χ1v) is 11.6. The molecule has 8 nitrogen and oxygen atoms in total. The number of halogens is 2. The number of nitrogen functional groups attached to an aromatic ring is 1. The molecule has 2 aromatic heterocycles. The van der Waals surface area contributed by atoms with Gasteiger partial charge in [-0.2, -0.15) is 0 Å². The molecule has 186 valence electrons. The van der Waals surface area contributed by atoms with Crippen LogP contribution >= 0.6 is 11.6 Å². The molecule has 3 heterocycles. The van der Waals surface area contributed by atoms with Gasteiger partial charge in [0.05, 0.1) is 35.9 Å². The van der Waals surface area contributed by atoms with Gasteiger partial charge in [0.25, 0.3) is 0 Å². The summed E-state index contributed by atoms with van der Waals surface area (Å²) in [6.07, 6.45) is 6.21. The van der Waals surface area contributed by atoms with Gasteiger partial charge in [-0.3, -0.25) is 4.79 Å². The van der Waals surface area contributed by atoms with Crippen molar-refractivity contribution in [3.05, 3.63) is 52.6 Å². The zero-order chi connectivity index (χ0) is 25.3. The summed E-state index contributed by atoms with van der Waals surface area (Å²) >= 11 is 6.13. The number of carbonyl (C=O) groups is 1. The van der Waals surface area contributed by atoms with Gasteiger partial charge < -0.3 is 30.3 Å². The number of carbonyl (C=O) groups excluding carboxylic acids is 1. The number of anilines is 1. The van der Waals surface area contributed by atoms with Crippen LogP contribution in [0, 0.1) is 5.82 Å². The minimum Gasteiger partial charge on any atom is -0.496 e. The minimum absolute atomic E-state index is 0.00711. The predicted octanol–water partition coefficient (Wildman–Crippen LogP) is 4.19. The summed E-state index contributed by atoms with van der Waals surface area (Å²) in [6, 6.07) is 2.78. The topological polar surface area (TPSA) is 117 Å². The Labute approximate surface area is 207 Å². The molecule has 0 saturated carbocycles. The summed E-state index contributed by atoms with van der Waals surface area (Å²) in [5.74, 6) is 0.329. The van der Waals surface area contributed by atoms with Crippen LogP contribution in [0.25, 0.3) is 16.5 Å². The third kappa shape index (κ3) is 4.92. The Kier molecular flexibility index (Phi) is 6.91. The van der Waals surface area contributed by atoms with Gasteiger partial charge in [0, 0.05) is 36.8 Å². The maximum atomic E-state index is 13.9. The number of benzene rings is 1. The summed E-state index contributed by atoms with van der Waals surface area (Å²) in [4.78, 5) is 18.5. The monoisotopic (exact) mass is 502 g/mol. The highest BCUT2D eigenvalue weighted by atomic mass is 35.5. The maximum Gasteiger partial charge on any atom is 0.242 e. The molecule has 0 aliphatic carbocycles. The molecule has 35 heavy (non-hydrogen) atoms. The van der Waals surface area contributed by atoms with Gasteiger partial charge in [0.1, 0.15) is 11.6 Å². The molecule has 3 aromatic rings. The van der Waals surface area contributed by atoms with E-state index in [1.54, 1.807) is 31.2 Å². The Hall–Kier alpha value is -3.30. The molecule has 1 amide bonds. The summed E-state index contributed by atoms with van der Waals surface area (Å²) in [7, 11) is 1.49. The first kappa shape index (κ1) is 24.8. The van der Waals surface area contributed by atoms with Crippen molar-refractivity contribution in [2.45, 2.75) is 32.2 Å². The van der Waals surface area contributed by atoms with Gasteiger partial charge in [-0.25, -0.2) is 9.37 Å². The van der Waals surface area contributed by atoms with E-state index in [0.29, 0.717) is 42.2 Å². The lowest BCUT2D eigenvalue weighted by atomic mass is 9.97. The smallest absolute Gasteiger partial charge is 0.242 e. The number of rotatable bonds is 7. The number of pyridine rings is 1. The Bertz CT molecular complexity index is 1300. The number of hydrogen-bond donors (Lipinski definition) is 2. The number of amides is 1. The maximum absolute atomic E-state index is 13.9. The van der Waals surface area contributed by atoms with Gasteiger partial charge >= 0.3 is 0 Å². The summed E-state index contributed by atoms with van der Waals surface area (Å²) in [6.45, 7) is 4.57. The van der Waals surface area contributed by atoms with Crippen LogP contribution in [0.2, 0.25) is 5.02 Å². The third-order valence-electron chi connectivity index (χ3n) is 5.97. The molecule has 4 rings (SSSR count). The number of hydrogen-bond acceptors (Lipinski definition) is 7. The van der Waals surface area contributed by atoms with Crippen molar-refractivity contribution >= 4 is 39.9 Å². The van der Waals surface area contributed by atoms with E-state index >= 15 is 0 Å². The molecule has 1 aromatic carbocycles. The Morgan fingerprint density at radius 2 is 2.14 bits per heavy atom. The predicted molar refractivity (Wildman–Crippen MR) is 133 cm³/mol. The van der Waals surface area contributed by atoms with Crippen molar-refractivity contribution in [3.8, 4) is 11.5 Å². The molecule has 0 atom stereocenters. The van der Waals surface area contributed by atoms with Crippen molar-refractivity contribution in [2.75, 3.05) is 32.5 Å². The molecule has 1 aliphatic heterocycles. The SMILES string of the molecule is COc1ccc(F)c(Cl)c1CCOc1c(N)ncc2c(C3=CCN(C(=O)C(C)(C)N)CC3)coc12. The van der Waals surface area contributed by atoms with Crippen LogP contribution < -0.4 is 20.9 Å². The lowest BCUT2D eigenvalue weighted by molar-refractivity contribution is -0.135. The highest BCUT2D eigenvalue weighted by Crippen LogP contribution is 2.38. The summed E-state index contributed by atoms with van der Waals surface area (Å²) in [5.41, 5.74) is 14.0. The van der Waals surface area contributed by atoms with Crippen LogP contribution in [0.1, 0.15) is 31.4 Å². The average molecular weight is 503 g/mol. The van der Waals surface area contributed by atoms with Crippen LogP contribution in [0.3, 0.4) is 0 Å². The standard InChI is InChI=1S/C25H28ClFN4O4/c1-25(2,29)24(32)31-9-6-14(7-10-31)17-13-35-21-16(17)12-30-23(28)22(21)34-11-8-15-19(33-3)5-4-18(27)20(15)26/h4-6,12-13H,7-11,29H2,1-3H3,(H2,28,30).